The number of aromatic carboxylic acids is 1. The van der Waals surface area contributed by atoms with Gasteiger partial charge in [0.15, 0.2) is 0 Å². The number of nitrogens with one attached hydrogen (secondary N) is 1. The number of rotatable bonds is 5. The van der Waals surface area contributed by atoms with Crippen LogP contribution in [0.1, 0.15) is 23.0 Å². The Balaban J connectivity index is 1.76. The molecule has 8 nitrogen and oxygen atoms in total. The van der Waals surface area contributed by atoms with Crippen LogP contribution in [-0.2, 0) is 16.6 Å². The Hall–Kier alpha value is -3.11. The maximum Gasteiger partial charge on any atom is 0.339 e. The minimum atomic E-state index is -1.28. The van der Waals surface area contributed by atoms with Crippen molar-refractivity contribution < 1.29 is 24.6 Å². The molecule has 1 aliphatic heterocycles. The highest BCUT2D eigenvalue weighted by Gasteiger charge is 2.38. The Labute approximate surface area is 175 Å². The molecule has 10 heteroatoms. The van der Waals surface area contributed by atoms with Crippen molar-refractivity contribution >= 4 is 57.8 Å². The van der Waals surface area contributed by atoms with E-state index in [0.717, 1.165) is 23.5 Å². The summed E-state index contributed by atoms with van der Waals surface area (Å²) < 4.78 is 2.12. The van der Waals surface area contributed by atoms with Gasteiger partial charge in [0.25, 0.3) is 5.91 Å². The largest absolute Gasteiger partial charge is 0.507 e. The molecule has 3 N–H and O–H groups in total. The molecule has 2 amide bonds. The molecule has 0 bridgehead atoms. The Morgan fingerprint density at radius 2 is 2.03 bits per heavy atom. The molecule has 2 heterocycles. The number of carboxylic acid groups (broad SMARTS) is 1. The Morgan fingerprint density at radius 3 is 2.62 bits per heavy atom. The van der Waals surface area contributed by atoms with Gasteiger partial charge in [-0.1, -0.05) is 24.0 Å². The molecule has 0 saturated carbocycles. The molecule has 1 saturated heterocycles. The van der Waals surface area contributed by atoms with Crippen LogP contribution in [-0.4, -0.2) is 47.8 Å². The van der Waals surface area contributed by atoms with Crippen LogP contribution in [0.2, 0.25) is 0 Å². The molecule has 150 valence electrons. The predicted molar refractivity (Wildman–Crippen MR) is 114 cm³/mol. The third-order valence-corrected chi connectivity index (χ3v) is 5.68. The van der Waals surface area contributed by atoms with Crippen molar-refractivity contribution in [2.24, 2.45) is 7.05 Å². The monoisotopic (exact) mass is 431 g/mol. The number of benzene rings is 1. The van der Waals surface area contributed by atoms with E-state index in [1.807, 2.05) is 29.9 Å². The normalized spacial score (nSPS) is 16.3. The third-order valence-electron chi connectivity index (χ3n) is 4.35. The lowest BCUT2D eigenvalue weighted by molar-refractivity contribution is -0.129. The first-order valence-electron chi connectivity index (χ1n) is 8.44. The average molecular weight is 431 g/mol. The Bertz CT molecular complexity index is 1060. The second-order valence-electron chi connectivity index (χ2n) is 6.30. The van der Waals surface area contributed by atoms with E-state index >= 15 is 0 Å². The highest BCUT2D eigenvalue weighted by atomic mass is 32.2. The molecule has 0 spiro atoms. The van der Waals surface area contributed by atoms with Crippen LogP contribution in [0.4, 0.5) is 5.69 Å². The predicted octanol–water partition coefficient (Wildman–Crippen LogP) is 2.66. The number of nitrogens with zero attached hydrogens (tertiary/aromatic N) is 2. The molecular weight excluding hydrogens is 414 g/mol. The molecule has 0 radical (unpaired) electrons. The molecule has 1 aromatic carbocycles. The SMILES string of the molecule is CC(C(=O)Nc1ccc(C(=O)O)c(O)c1)N1C(=O)C(=Cc2cccn2C)SC1=S. The number of thioether (sulfide) groups is 1. The van der Waals surface area contributed by atoms with Gasteiger partial charge in [-0.3, -0.25) is 14.5 Å². The van der Waals surface area contributed by atoms with E-state index in [4.69, 9.17) is 17.3 Å². The summed E-state index contributed by atoms with van der Waals surface area (Å²) in [4.78, 5) is 38.0. The van der Waals surface area contributed by atoms with Gasteiger partial charge < -0.3 is 20.1 Å². The van der Waals surface area contributed by atoms with Gasteiger partial charge in [0, 0.05) is 30.7 Å². The Kier molecular flexibility index (Phi) is 5.76. The van der Waals surface area contributed by atoms with E-state index in [2.05, 4.69) is 5.32 Å². The molecular formula is C19H17N3O5S2. The summed E-state index contributed by atoms with van der Waals surface area (Å²) in [5, 5.41) is 21.3. The summed E-state index contributed by atoms with van der Waals surface area (Å²) in [6.45, 7) is 1.54. The second-order valence-corrected chi connectivity index (χ2v) is 7.97. The zero-order valence-electron chi connectivity index (χ0n) is 15.4. The molecule has 2 aromatic rings. The fraction of sp³-hybridized carbons (Fsp3) is 0.158. The van der Waals surface area contributed by atoms with Crippen LogP contribution in [0, 0.1) is 0 Å². The zero-order chi connectivity index (χ0) is 21.3. The first kappa shape index (κ1) is 20.6. The number of aromatic nitrogens is 1. The van der Waals surface area contributed by atoms with Crippen molar-refractivity contribution in [1.29, 1.82) is 0 Å². The van der Waals surface area contributed by atoms with E-state index in [9.17, 15) is 19.5 Å². The average Bonchev–Trinajstić information content (AvgIpc) is 3.17. The van der Waals surface area contributed by atoms with Gasteiger partial charge in [-0.05, 0) is 37.3 Å². The highest BCUT2D eigenvalue weighted by molar-refractivity contribution is 8.26. The van der Waals surface area contributed by atoms with Gasteiger partial charge in [0.2, 0.25) is 5.91 Å². The van der Waals surface area contributed by atoms with Crippen molar-refractivity contribution in [3.8, 4) is 5.75 Å². The molecule has 1 unspecified atom stereocenters. The number of phenols is 1. The molecule has 0 aliphatic carbocycles. The molecule has 1 aromatic heterocycles. The number of anilines is 1. The number of carbonyl (C=O) groups is 3. The van der Waals surface area contributed by atoms with Crippen molar-refractivity contribution in [2.75, 3.05) is 5.32 Å². The van der Waals surface area contributed by atoms with Gasteiger partial charge in [-0.25, -0.2) is 4.79 Å². The van der Waals surface area contributed by atoms with Gasteiger partial charge in [-0.15, -0.1) is 0 Å². The number of carboxylic acids is 1. The van der Waals surface area contributed by atoms with E-state index in [0.29, 0.717) is 4.91 Å². The summed E-state index contributed by atoms with van der Waals surface area (Å²) in [7, 11) is 1.85. The Morgan fingerprint density at radius 1 is 1.31 bits per heavy atom. The van der Waals surface area contributed by atoms with Crippen LogP contribution < -0.4 is 5.32 Å². The van der Waals surface area contributed by atoms with Crippen LogP contribution in [0.5, 0.6) is 5.75 Å². The van der Waals surface area contributed by atoms with Gasteiger partial charge in [0.05, 0.1) is 4.91 Å². The van der Waals surface area contributed by atoms with Crippen molar-refractivity contribution in [3.63, 3.8) is 0 Å². The van der Waals surface area contributed by atoms with E-state index in [1.54, 1.807) is 6.08 Å². The van der Waals surface area contributed by atoms with Crippen LogP contribution in [0.25, 0.3) is 6.08 Å². The quantitative estimate of drug-likeness (QED) is 0.493. The lowest BCUT2D eigenvalue weighted by Gasteiger charge is -2.22. The lowest BCUT2D eigenvalue weighted by atomic mass is 10.1. The lowest BCUT2D eigenvalue weighted by Crippen LogP contribution is -2.44. The number of hydrogen-bond acceptors (Lipinski definition) is 6. The summed E-state index contributed by atoms with van der Waals surface area (Å²) in [5.74, 6) is -2.65. The van der Waals surface area contributed by atoms with Crippen molar-refractivity contribution in [2.45, 2.75) is 13.0 Å². The smallest absolute Gasteiger partial charge is 0.339 e. The maximum atomic E-state index is 12.8. The van der Waals surface area contributed by atoms with Crippen LogP contribution >= 0.6 is 24.0 Å². The number of aromatic hydroxyl groups is 1. The van der Waals surface area contributed by atoms with Crippen molar-refractivity contribution in [1.82, 2.24) is 9.47 Å². The van der Waals surface area contributed by atoms with E-state index < -0.39 is 23.7 Å². The first-order valence-corrected chi connectivity index (χ1v) is 9.67. The molecule has 3 rings (SSSR count). The van der Waals surface area contributed by atoms with Gasteiger partial charge in [-0.2, -0.15) is 0 Å². The van der Waals surface area contributed by atoms with Crippen molar-refractivity contribution in [3.05, 3.63) is 52.7 Å². The van der Waals surface area contributed by atoms with E-state index in [-0.39, 0.29) is 21.5 Å². The fourth-order valence-electron chi connectivity index (χ4n) is 2.73. The minimum Gasteiger partial charge on any atom is -0.507 e. The number of aryl methyl sites for hydroxylation is 1. The summed E-state index contributed by atoms with van der Waals surface area (Å²) in [6.07, 6.45) is 3.57. The van der Waals surface area contributed by atoms with Gasteiger partial charge >= 0.3 is 5.97 Å². The summed E-state index contributed by atoms with van der Waals surface area (Å²) >= 11 is 6.40. The second kappa shape index (κ2) is 8.10. The molecule has 1 atom stereocenters. The van der Waals surface area contributed by atoms with Crippen LogP contribution in [0.15, 0.2) is 41.4 Å². The van der Waals surface area contributed by atoms with Crippen LogP contribution in [0.3, 0.4) is 0 Å². The third kappa shape index (κ3) is 4.17. The molecule has 29 heavy (non-hydrogen) atoms. The molecule has 1 fully saturated rings. The number of thiocarbonyl (C=S) groups is 1. The minimum absolute atomic E-state index is 0.203. The fourth-order valence-corrected chi connectivity index (χ4v) is 4.13. The number of amides is 2. The zero-order valence-corrected chi connectivity index (χ0v) is 17.1. The highest BCUT2D eigenvalue weighted by Crippen LogP contribution is 2.34. The summed E-state index contributed by atoms with van der Waals surface area (Å²) in [5.41, 5.74) is 0.754. The standard InChI is InChI=1S/C19H17N3O5S2/c1-10(16(24)20-11-5-6-13(18(26)27)14(23)8-11)22-17(25)15(29-19(22)28)9-12-4-3-7-21(12)2/h3-10,23H,1-2H3,(H,20,24)(H,26,27). The number of carbonyl (C=O) groups excluding carboxylic acids is 2. The van der Waals surface area contributed by atoms with E-state index in [1.165, 1.54) is 24.0 Å². The number of hydrogen-bond donors (Lipinski definition) is 3. The topological polar surface area (TPSA) is 112 Å². The van der Waals surface area contributed by atoms with Gasteiger partial charge in [0.1, 0.15) is 21.7 Å². The summed E-state index contributed by atoms with van der Waals surface area (Å²) in [6, 6.07) is 6.48. The molecule has 1 aliphatic rings. The maximum absolute atomic E-state index is 12.8. The first-order chi connectivity index (χ1) is 13.7.